The predicted octanol–water partition coefficient (Wildman–Crippen LogP) is 12.8. The number of rotatable bonds is 14. The minimum atomic E-state index is -4.08. The van der Waals surface area contributed by atoms with Crippen molar-refractivity contribution in [3.8, 4) is 39.5 Å². The summed E-state index contributed by atoms with van der Waals surface area (Å²) in [6.07, 6.45) is 15.8. The van der Waals surface area contributed by atoms with E-state index in [2.05, 4.69) is 140 Å². The van der Waals surface area contributed by atoms with Gasteiger partial charge in [-0.25, -0.2) is 47.5 Å². The first-order valence-electron chi connectivity index (χ1n) is 30.4. The highest BCUT2D eigenvalue weighted by Crippen LogP contribution is 2.32. The Morgan fingerprint density at radius 3 is 1.33 bits per heavy atom. The SMILES string of the molecule is O=C(Nc1cc(-c2ccccc2F)nc2c(Br)cnn12)OCc1cc[n+](O)cc1.O=C(Nc1cc(Cl)nc2c(Br)cnn12)Oc1cccnc1.O=C(Nc1cc[n+](O)cc1)Nc1cc(-c2ccccc2F)nc2c(Br)cnn12.O=S(=O)(Nc1cc[n+](O)cc1)Nc1cc(-c2ccccc2F)nc2c(Br)cnn12. The molecule has 0 saturated carbocycles. The van der Waals surface area contributed by atoms with Gasteiger partial charge in [0.15, 0.2) is 28.3 Å². The topological polar surface area (TPSA) is 382 Å². The quantitative estimate of drug-likeness (QED) is 0.0277. The van der Waals surface area contributed by atoms with Gasteiger partial charge in [0.25, 0.3) is 0 Å². The van der Waals surface area contributed by atoms with Crippen LogP contribution >= 0.6 is 75.3 Å². The van der Waals surface area contributed by atoms with Crippen molar-refractivity contribution in [2.24, 2.45) is 0 Å². The van der Waals surface area contributed by atoms with Crippen LogP contribution in [0, 0.1) is 17.5 Å². The van der Waals surface area contributed by atoms with E-state index in [1.54, 1.807) is 91.3 Å². The molecule has 3 aromatic carbocycles. The molecule has 107 heavy (non-hydrogen) atoms. The fourth-order valence-electron chi connectivity index (χ4n) is 9.54. The van der Waals surface area contributed by atoms with Gasteiger partial charge in [0, 0.05) is 103 Å². The number of aromatic nitrogens is 16. The van der Waals surface area contributed by atoms with Gasteiger partial charge in [-0.15, -0.1) is 0 Å². The molecule has 0 unspecified atom stereocenters. The van der Waals surface area contributed by atoms with Gasteiger partial charge in [-0.05, 0) is 112 Å². The number of amides is 4. The number of carbonyl (C=O) groups is 3. The molecular formula is C66H47Br4ClF3N22O10S+3. The molecule has 12 heterocycles. The van der Waals surface area contributed by atoms with Crippen LogP contribution in [0.2, 0.25) is 5.15 Å². The Bertz CT molecular complexity index is 5930. The zero-order valence-electron chi connectivity index (χ0n) is 53.8. The predicted molar refractivity (Wildman–Crippen MR) is 392 cm³/mol. The molecule has 15 aromatic rings. The molecule has 9 N–H and O–H groups in total. The lowest BCUT2D eigenvalue weighted by atomic mass is 10.1. The van der Waals surface area contributed by atoms with Crippen molar-refractivity contribution in [2.75, 3.05) is 30.7 Å². The summed E-state index contributed by atoms with van der Waals surface area (Å²) in [6.45, 7) is 0.00384. The molecule has 0 bridgehead atoms. The van der Waals surface area contributed by atoms with Crippen LogP contribution in [-0.2, 0) is 21.6 Å². The maximum absolute atomic E-state index is 14.2. The van der Waals surface area contributed by atoms with Crippen LogP contribution in [0.3, 0.4) is 0 Å². The molecule has 41 heteroatoms. The van der Waals surface area contributed by atoms with E-state index in [1.165, 1.54) is 147 Å². The van der Waals surface area contributed by atoms with Crippen LogP contribution < -0.4 is 49.6 Å². The number of hydrogen-bond acceptors (Lipinski definition) is 19. The number of anilines is 6. The minimum Gasteiger partial charge on any atom is -0.444 e. The second-order valence-corrected chi connectivity index (χ2v) is 26.8. The number of halogens is 8. The van der Waals surface area contributed by atoms with Crippen LogP contribution in [0.5, 0.6) is 5.75 Å². The first kappa shape index (κ1) is 74.2. The number of carbonyl (C=O) groups excluding carboxylic acids is 3. The molecule has 15 rings (SSSR count). The third-order valence-electron chi connectivity index (χ3n) is 14.3. The Balaban J connectivity index is 0.000000134. The molecule has 0 fully saturated rings. The number of fused-ring (bicyclic) bond motifs is 4. The average Bonchev–Trinajstić information content (AvgIpc) is 1.33. The van der Waals surface area contributed by atoms with E-state index in [9.17, 15) is 51.6 Å². The number of nitrogens with zero attached hydrogens (tertiary/aromatic N) is 16. The van der Waals surface area contributed by atoms with E-state index in [0.717, 1.165) is 14.2 Å². The molecule has 0 radical (unpaired) electrons. The number of nitrogens with one attached hydrogen (secondary N) is 6. The first-order chi connectivity index (χ1) is 51.5. The van der Waals surface area contributed by atoms with E-state index in [4.69, 9.17) is 21.1 Å². The van der Waals surface area contributed by atoms with Gasteiger partial charge in [-0.3, -0.25) is 46.0 Å². The molecular weight excluding hydrogens is 1700 g/mol. The third kappa shape index (κ3) is 18.5. The highest BCUT2D eigenvalue weighted by molar-refractivity contribution is 9.11. The van der Waals surface area contributed by atoms with Gasteiger partial charge in [-0.2, -0.15) is 46.9 Å². The summed E-state index contributed by atoms with van der Waals surface area (Å²) in [4.78, 5) is 57.7. The van der Waals surface area contributed by atoms with Crippen molar-refractivity contribution in [1.82, 2.24) is 63.4 Å². The van der Waals surface area contributed by atoms with Crippen LogP contribution in [0.4, 0.5) is 62.2 Å². The lowest BCUT2D eigenvalue weighted by Gasteiger charge is -2.12. The van der Waals surface area contributed by atoms with Gasteiger partial charge in [0.2, 0.25) is 37.2 Å². The standard InChI is InChI=1S/C19H13BrFN5O3.C18H12BrFN6O2.C17H12BrFN6O3S.C12H7BrClN5O2/c20-14-10-22-26-17(24-19(27)29-11-12-5-7-25(28)8-6-12)9-16(23-18(14)26)13-3-1-2-4-15(13)21;19-13-10-21-26-16(24-18(27)22-11-5-7-25(28)8-6-11)9-15(23-17(13)26)12-3-1-2-4-14(12)20;18-13-10-20-25-16(23-29(27,28)22-11-5-7-24(26)8-6-11)9-15(21-17(13)25)12-3-1-2-4-14(12)19;13-8-6-16-19-10(4-9(14)17-11(8)19)18-12(20)21-7-2-1-3-15-5-7/h1-10H,11H2,(H-,22,23,24,27,28);1-10,28H,(H,21,23,24,27);1-10,26H,(H,20,21,23);1-6H,(H,18,20)/p+3. The number of benzene rings is 3. The molecule has 4 amide bonds. The number of urea groups is 1. The Morgan fingerprint density at radius 1 is 0.467 bits per heavy atom. The fourth-order valence-corrected chi connectivity index (χ4v) is 12.0. The monoisotopic (exact) mass is 1750 g/mol. The summed E-state index contributed by atoms with van der Waals surface area (Å²) in [5.41, 5.74) is 4.76. The summed E-state index contributed by atoms with van der Waals surface area (Å²) in [5.74, 6) is -0.0544. The highest BCUT2D eigenvalue weighted by atomic mass is 79.9. The van der Waals surface area contributed by atoms with Crippen molar-refractivity contribution in [1.29, 1.82) is 0 Å². The largest absolute Gasteiger partial charge is 0.444 e. The smallest absolute Gasteiger partial charge is 0.418 e. The minimum absolute atomic E-state index is 0.00384. The Labute approximate surface area is 638 Å². The van der Waals surface area contributed by atoms with Crippen molar-refractivity contribution >= 4 is 161 Å². The van der Waals surface area contributed by atoms with Crippen LogP contribution in [0.25, 0.3) is 56.4 Å². The number of ether oxygens (including phenoxy) is 2. The molecule has 0 aliphatic rings. The molecule has 0 atom stereocenters. The van der Waals surface area contributed by atoms with Crippen molar-refractivity contribution in [3.05, 3.63) is 266 Å². The van der Waals surface area contributed by atoms with Gasteiger partial charge < -0.3 is 14.8 Å². The summed E-state index contributed by atoms with van der Waals surface area (Å²) in [5, 5.41) is 55.0. The fraction of sp³-hybridized carbons (Fsp3) is 0.0152. The number of pyridine rings is 4. The molecule has 0 saturated heterocycles. The Morgan fingerprint density at radius 2 is 0.869 bits per heavy atom. The molecule has 0 spiro atoms. The molecule has 0 aliphatic heterocycles. The van der Waals surface area contributed by atoms with Crippen molar-refractivity contribution < 1.29 is 75.3 Å². The van der Waals surface area contributed by atoms with Crippen LogP contribution in [-0.4, -0.2) is 106 Å². The lowest BCUT2D eigenvalue weighted by molar-refractivity contribution is -0.904. The molecule has 0 aliphatic carbocycles. The van der Waals surface area contributed by atoms with Gasteiger partial charge in [-0.1, -0.05) is 48.0 Å². The van der Waals surface area contributed by atoms with E-state index in [1.807, 2.05) is 0 Å². The van der Waals surface area contributed by atoms with E-state index < -0.39 is 45.9 Å². The normalized spacial score (nSPS) is 11.0. The summed E-state index contributed by atoms with van der Waals surface area (Å²) < 4.78 is 93.3. The van der Waals surface area contributed by atoms with Crippen LogP contribution in [0.1, 0.15) is 5.56 Å². The molecule has 32 nitrogen and oxygen atoms in total. The third-order valence-corrected chi connectivity index (χ3v) is 17.7. The average molecular weight is 1750 g/mol. The van der Waals surface area contributed by atoms with E-state index >= 15 is 0 Å². The van der Waals surface area contributed by atoms with E-state index in [0.29, 0.717) is 91.6 Å². The van der Waals surface area contributed by atoms with Crippen molar-refractivity contribution in [2.45, 2.75) is 6.61 Å². The van der Waals surface area contributed by atoms with Gasteiger partial charge in [0.1, 0.15) is 52.5 Å². The Hall–Kier alpha value is -12.5. The zero-order chi connectivity index (χ0) is 75.5. The van der Waals surface area contributed by atoms with Gasteiger partial charge >= 0.3 is 28.4 Å². The van der Waals surface area contributed by atoms with Gasteiger partial charge in [0.05, 0.1) is 77.3 Å². The molecule has 540 valence electrons. The van der Waals surface area contributed by atoms with Crippen LogP contribution in [0.15, 0.2) is 238 Å². The first-order valence-corrected chi connectivity index (χ1v) is 35.4. The molecule has 12 aromatic heterocycles. The number of hydrogen-bond donors (Lipinski definition) is 9. The maximum atomic E-state index is 14.2. The maximum Gasteiger partial charge on any atom is 0.418 e. The highest BCUT2D eigenvalue weighted by Gasteiger charge is 2.22. The summed E-state index contributed by atoms with van der Waals surface area (Å²) in [7, 11) is -4.08. The Kier molecular flexibility index (Phi) is 23.0. The second-order valence-electron chi connectivity index (χ2n) is 21.6. The zero-order valence-corrected chi connectivity index (χ0v) is 61.7. The summed E-state index contributed by atoms with van der Waals surface area (Å²) >= 11 is 19.2. The van der Waals surface area contributed by atoms with Crippen molar-refractivity contribution in [3.63, 3.8) is 0 Å². The summed E-state index contributed by atoms with van der Waals surface area (Å²) in [6, 6.07) is 36.2. The van der Waals surface area contributed by atoms with E-state index in [-0.39, 0.29) is 40.3 Å². The second kappa shape index (κ2) is 33.1. The lowest BCUT2D eigenvalue weighted by Crippen LogP contribution is -2.29.